The number of ether oxygens (including phenoxy) is 4. The van der Waals surface area contributed by atoms with E-state index in [0.717, 1.165) is 75.2 Å². The van der Waals surface area contributed by atoms with Gasteiger partial charge in [0.25, 0.3) is 0 Å². The molecular formula is C24H36N2O5. The highest BCUT2D eigenvalue weighted by molar-refractivity contribution is 5.80. The van der Waals surface area contributed by atoms with Gasteiger partial charge in [-0.05, 0) is 51.5 Å². The van der Waals surface area contributed by atoms with Crippen LogP contribution < -0.4 is 14.8 Å². The van der Waals surface area contributed by atoms with Crippen molar-refractivity contribution in [2.45, 2.75) is 69.8 Å². The first-order valence-corrected chi connectivity index (χ1v) is 11.5. The van der Waals surface area contributed by atoms with E-state index in [-0.39, 0.29) is 23.7 Å². The van der Waals surface area contributed by atoms with Crippen LogP contribution in [0.15, 0.2) is 12.1 Å². The predicted molar refractivity (Wildman–Crippen MR) is 118 cm³/mol. The van der Waals surface area contributed by atoms with E-state index in [1.807, 2.05) is 13.0 Å². The maximum atomic E-state index is 12.2. The number of methoxy groups -OCH3 is 2. The first-order valence-electron chi connectivity index (χ1n) is 11.5. The van der Waals surface area contributed by atoms with Crippen molar-refractivity contribution in [3.8, 4) is 11.5 Å². The van der Waals surface area contributed by atoms with Crippen molar-refractivity contribution < 1.29 is 23.7 Å². The first-order chi connectivity index (χ1) is 15.0. The molecule has 3 heterocycles. The third kappa shape index (κ3) is 4.99. The first kappa shape index (κ1) is 22.4. The van der Waals surface area contributed by atoms with Crippen molar-refractivity contribution in [1.29, 1.82) is 0 Å². The van der Waals surface area contributed by atoms with Crippen LogP contribution in [0.5, 0.6) is 11.5 Å². The Morgan fingerprint density at radius 3 is 2.68 bits per heavy atom. The predicted octanol–water partition coefficient (Wildman–Crippen LogP) is 2.82. The maximum Gasteiger partial charge on any atom is 0.249 e. The summed E-state index contributed by atoms with van der Waals surface area (Å²) in [5, 5.41) is 3.03. The number of carbonyl (C=O) groups excluding carboxylic acids is 1. The Labute approximate surface area is 185 Å². The second-order valence-corrected chi connectivity index (χ2v) is 9.07. The highest BCUT2D eigenvalue weighted by Crippen LogP contribution is 2.40. The fraction of sp³-hybridized carbons (Fsp3) is 0.708. The van der Waals surface area contributed by atoms with Gasteiger partial charge in [0.2, 0.25) is 5.91 Å². The molecule has 1 N–H and O–H groups in total. The van der Waals surface area contributed by atoms with Gasteiger partial charge in [-0.15, -0.1) is 0 Å². The van der Waals surface area contributed by atoms with Gasteiger partial charge in [-0.25, -0.2) is 0 Å². The van der Waals surface area contributed by atoms with Gasteiger partial charge in [-0.3, -0.25) is 9.69 Å². The van der Waals surface area contributed by atoms with Gasteiger partial charge in [0.1, 0.15) is 17.6 Å². The average molecular weight is 433 g/mol. The topological polar surface area (TPSA) is 69.3 Å². The minimum atomic E-state index is -0.266. The molecule has 0 unspecified atom stereocenters. The van der Waals surface area contributed by atoms with Gasteiger partial charge >= 0.3 is 0 Å². The van der Waals surface area contributed by atoms with Crippen LogP contribution in [0.4, 0.5) is 0 Å². The van der Waals surface area contributed by atoms with Crippen molar-refractivity contribution in [3.63, 3.8) is 0 Å². The fourth-order valence-electron chi connectivity index (χ4n) is 5.24. The number of piperidine rings is 1. The second-order valence-electron chi connectivity index (χ2n) is 9.07. The molecule has 7 nitrogen and oxygen atoms in total. The van der Waals surface area contributed by atoms with Gasteiger partial charge in [0.15, 0.2) is 0 Å². The number of nitrogens with one attached hydrogen (secondary N) is 1. The van der Waals surface area contributed by atoms with Crippen LogP contribution in [0.2, 0.25) is 0 Å². The average Bonchev–Trinajstić information content (AvgIpc) is 3.45. The van der Waals surface area contributed by atoms with E-state index in [9.17, 15) is 4.79 Å². The number of nitrogens with zero attached hydrogens (tertiary/aromatic N) is 1. The molecule has 3 aliphatic heterocycles. The third-order valence-electron chi connectivity index (χ3n) is 7.09. The van der Waals surface area contributed by atoms with Crippen molar-refractivity contribution >= 4 is 5.91 Å². The molecule has 1 spiro atoms. The minimum absolute atomic E-state index is 0.0144. The Bertz CT molecular complexity index is 769. The molecule has 3 saturated heterocycles. The Balaban J connectivity index is 1.26. The summed E-state index contributed by atoms with van der Waals surface area (Å²) in [6.07, 6.45) is 5.79. The second kappa shape index (κ2) is 9.76. The molecule has 31 heavy (non-hydrogen) atoms. The molecule has 7 heteroatoms. The Morgan fingerprint density at radius 1 is 1.19 bits per heavy atom. The van der Waals surface area contributed by atoms with E-state index in [4.69, 9.17) is 18.9 Å². The number of hydrogen-bond acceptors (Lipinski definition) is 6. The number of rotatable bonds is 7. The summed E-state index contributed by atoms with van der Waals surface area (Å²) >= 11 is 0. The summed E-state index contributed by atoms with van der Waals surface area (Å²) in [6, 6.07) is 4.13. The highest BCUT2D eigenvalue weighted by Gasteiger charge is 2.42. The lowest BCUT2D eigenvalue weighted by molar-refractivity contribution is -0.131. The molecule has 0 aromatic heterocycles. The van der Waals surface area contributed by atoms with Crippen LogP contribution in [0.25, 0.3) is 0 Å². The maximum absolute atomic E-state index is 12.2. The van der Waals surface area contributed by atoms with Gasteiger partial charge in [-0.2, -0.15) is 0 Å². The van der Waals surface area contributed by atoms with E-state index >= 15 is 0 Å². The zero-order valence-corrected chi connectivity index (χ0v) is 19.1. The Morgan fingerprint density at radius 2 is 2.00 bits per heavy atom. The summed E-state index contributed by atoms with van der Waals surface area (Å²) in [6.45, 7) is 6.19. The van der Waals surface area contributed by atoms with Gasteiger partial charge in [0, 0.05) is 43.9 Å². The quantitative estimate of drug-likeness (QED) is 0.715. The molecule has 0 aliphatic carbocycles. The summed E-state index contributed by atoms with van der Waals surface area (Å²) in [5.74, 6) is 1.79. The van der Waals surface area contributed by atoms with E-state index in [0.29, 0.717) is 13.2 Å². The molecule has 1 aromatic carbocycles. The fourth-order valence-corrected chi connectivity index (χ4v) is 5.24. The molecule has 3 aliphatic rings. The summed E-state index contributed by atoms with van der Waals surface area (Å²) in [5.41, 5.74) is 2.21. The lowest BCUT2D eigenvalue weighted by Crippen LogP contribution is -2.45. The SMILES string of the molecule is COc1ccc(CN2CCC3(CC[C@@H](CNC(=O)[C@@H]4CCCO4)O3)CC2)c(OC)c1C. The molecule has 2 atom stereocenters. The lowest BCUT2D eigenvalue weighted by Gasteiger charge is -2.39. The van der Waals surface area contributed by atoms with Gasteiger partial charge < -0.3 is 24.3 Å². The number of likely N-dealkylation sites (tertiary alicyclic amines) is 1. The number of carbonyl (C=O) groups is 1. The van der Waals surface area contributed by atoms with Crippen molar-refractivity contribution in [2.24, 2.45) is 0 Å². The zero-order chi connectivity index (χ0) is 21.8. The van der Waals surface area contributed by atoms with Crippen LogP contribution in [0, 0.1) is 6.92 Å². The molecule has 0 saturated carbocycles. The summed E-state index contributed by atoms with van der Waals surface area (Å²) < 4.78 is 23.0. The van der Waals surface area contributed by atoms with Crippen LogP contribution >= 0.6 is 0 Å². The molecule has 4 rings (SSSR count). The largest absolute Gasteiger partial charge is 0.496 e. The van der Waals surface area contributed by atoms with E-state index in [1.54, 1.807) is 14.2 Å². The van der Waals surface area contributed by atoms with Crippen LogP contribution in [-0.2, 0) is 20.8 Å². The van der Waals surface area contributed by atoms with Crippen LogP contribution in [0.3, 0.4) is 0 Å². The van der Waals surface area contributed by atoms with Crippen molar-refractivity contribution in [2.75, 3.05) is 40.5 Å². The molecule has 0 radical (unpaired) electrons. The normalized spacial score (nSPS) is 25.6. The minimum Gasteiger partial charge on any atom is -0.496 e. The lowest BCUT2D eigenvalue weighted by atomic mass is 9.88. The molecule has 1 aromatic rings. The van der Waals surface area contributed by atoms with Crippen LogP contribution in [0.1, 0.15) is 49.7 Å². The standard InChI is InChI=1S/C24H36N2O5/c1-17-20(28-2)7-6-18(22(17)29-3)16-26-12-10-24(11-13-26)9-8-19(31-24)15-25-23(27)21-5-4-14-30-21/h6-7,19,21H,4-5,8-16H2,1-3H3,(H,25,27)/t19-,21-/m0/s1. The summed E-state index contributed by atoms with van der Waals surface area (Å²) in [7, 11) is 3.41. The van der Waals surface area contributed by atoms with E-state index in [2.05, 4.69) is 16.3 Å². The molecule has 172 valence electrons. The smallest absolute Gasteiger partial charge is 0.249 e. The molecule has 0 bridgehead atoms. The van der Waals surface area contributed by atoms with Crippen molar-refractivity contribution in [1.82, 2.24) is 10.2 Å². The van der Waals surface area contributed by atoms with E-state index in [1.165, 1.54) is 5.56 Å². The summed E-state index contributed by atoms with van der Waals surface area (Å²) in [4.78, 5) is 14.7. The number of hydrogen-bond donors (Lipinski definition) is 1. The number of amides is 1. The highest BCUT2D eigenvalue weighted by atomic mass is 16.5. The monoisotopic (exact) mass is 432 g/mol. The van der Waals surface area contributed by atoms with E-state index < -0.39 is 0 Å². The Hall–Kier alpha value is -1.83. The molecular weight excluding hydrogens is 396 g/mol. The van der Waals surface area contributed by atoms with Gasteiger partial charge in [-0.1, -0.05) is 6.07 Å². The van der Waals surface area contributed by atoms with Gasteiger partial charge in [0.05, 0.1) is 25.9 Å². The van der Waals surface area contributed by atoms with Crippen LogP contribution in [-0.4, -0.2) is 69.1 Å². The third-order valence-corrected chi connectivity index (χ3v) is 7.09. The molecule has 1 amide bonds. The number of benzene rings is 1. The Kier molecular flexibility index (Phi) is 7.04. The zero-order valence-electron chi connectivity index (χ0n) is 19.1. The molecule has 3 fully saturated rings. The van der Waals surface area contributed by atoms with Crippen molar-refractivity contribution in [3.05, 3.63) is 23.3 Å².